The Morgan fingerprint density at radius 2 is 1.65 bits per heavy atom. The Balaban J connectivity index is 1.44. The Labute approximate surface area is 151 Å². The number of benzene rings is 2. The average Bonchev–Trinajstić information content (AvgIpc) is 3.32. The molecule has 2 unspecified atom stereocenters. The summed E-state index contributed by atoms with van der Waals surface area (Å²) < 4.78 is 26.9. The lowest BCUT2D eigenvalue weighted by atomic mass is 10.0. The van der Waals surface area contributed by atoms with Crippen molar-refractivity contribution in [2.45, 2.75) is 25.6 Å². The van der Waals surface area contributed by atoms with Gasteiger partial charge in [-0.25, -0.2) is 0 Å². The minimum absolute atomic E-state index is 0.189. The zero-order chi connectivity index (χ0) is 18.1. The summed E-state index contributed by atoms with van der Waals surface area (Å²) in [6.45, 7) is 2.87. The molecule has 2 aliphatic heterocycles. The molecular formula is C19H21NO6. The predicted molar refractivity (Wildman–Crippen MR) is 92.9 cm³/mol. The van der Waals surface area contributed by atoms with E-state index < -0.39 is 6.10 Å². The van der Waals surface area contributed by atoms with E-state index in [0.717, 1.165) is 11.1 Å². The van der Waals surface area contributed by atoms with Gasteiger partial charge < -0.3 is 34.1 Å². The summed E-state index contributed by atoms with van der Waals surface area (Å²) in [4.78, 5) is 0. The molecular weight excluding hydrogens is 338 g/mol. The smallest absolute Gasteiger partial charge is 0.231 e. The lowest BCUT2D eigenvalue weighted by molar-refractivity contribution is 0.134. The topological polar surface area (TPSA) is 78.4 Å². The second kappa shape index (κ2) is 6.93. The van der Waals surface area contributed by atoms with E-state index in [0.29, 0.717) is 35.3 Å². The van der Waals surface area contributed by atoms with Gasteiger partial charge in [0.2, 0.25) is 13.6 Å². The van der Waals surface area contributed by atoms with Crippen molar-refractivity contribution in [1.82, 2.24) is 5.32 Å². The fourth-order valence-electron chi connectivity index (χ4n) is 3.06. The zero-order valence-electron chi connectivity index (χ0n) is 14.7. The SMILES string of the molecule is COc1cc2c(cc1CNC(C)C(O)c1ccc3c(c1)OCO3)OCO2. The largest absolute Gasteiger partial charge is 0.496 e. The van der Waals surface area contributed by atoms with Gasteiger partial charge in [-0.15, -0.1) is 0 Å². The van der Waals surface area contributed by atoms with E-state index >= 15 is 0 Å². The lowest BCUT2D eigenvalue weighted by Gasteiger charge is -2.21. The van der Waals surface area contributed by atoms with Crippen molar-refractivity contribution < 1.29 is 28.8 Å². The van der Waals surface area contributed by atoms with Gasteiger partial charge in [-0.1, -0.05) is 6.07 Å². The summed E-state index contributed by atoms with van der Waals surface area (Å²) in [5, 5.41) is 14.0. The minimum Gasteiger partial charge on any atom is -0.496 e. The maximum atomic E-state index is 10.6. The first-order valence-corrected chi connectivity index (χ1v) is 8.43. The summed E-state index contributed by atoms with van der Waals surface area (Å²) in [5.41, 5.74) is 1.70. The molecule has 2 atom stereocenters. The zero-order valence-corrected chi connectivity index (χ0v) is 14.7. The first-order valence-electron chi connectivity index (χ1n) is 8.43. The van der Waals surface area contributed by atoms with E-state index in [1.165, 1.54) is 0 Å². The molecule has 2 aromatic carbocycles. The van der Waals surface area contributed by atoms with Gasteiger partial charge in [0.05, 0.1) is 13.2 Å². The van der Waals surface area contributed by atoms with Crippen LogP contribution in [0.3, 0.4) is 0 Å². The third kappa shape index (κ3) is 3.11. The van der Waals surface area contributed by atoms with Crippen LogP contribution < -0.4 is 29.0 Å². The van der Waals surface area contributed by atoms with Gasteiger partial charge in [0.1, 0.15) is 5.75 Å². The highest BCUT2D eigenvalue weighted by molar-refractivity contribution is 5.52. The van der Waals surface area contributed by atoms with Gasteiger partial charge in [0.15, 0.2) is 23.0 Å². The van der Waals surface area contributed by atoms with Gasteiger partial charge in [-0.05, 0) is 30.7 Å². The van der Waals surface area contributed by atoms with Crippen molar-refractivity contribution >= 4 is 0 Å². The Bertz CT molecular complexity index is 809. The molecule has 7 heteroatoms. The molecule has 0 fully saturated rings. The monoisotopic (exact) mass is 359 g/mol. The molecule has 2 aromatic rings. The molecule has 2 heterocycles. The molecule has 0 amide bonds. The van der Waals surface area contributed by atoms with Crippen molar-refractivity contribution in [1.29, 1.82) is 0 Å². The molecule has 0 radical (unpaired) electrons. The number of aliphatic hydroxyl groups excluding tert-OH is 1. The standard InChI is InChI=1S/C19H21NO6/c1-11(19(21)12-3-4-14-16(5-12)24-9-23-14)20-8-13-6-17-18(26-10-25-17)7-15(13)22-2/h3-7,11,19-21H,8-10H2,1-2H3. The van der Waals surface area contributed by atoms with Crippen LogP contribution in [0.4, 0.5) is 0 Å². The van der Waals surface area contributed by atoms with Crippen molar-refractivity contribution in [3.8, 4) is 28.7 Å². The molecule has 2 N–H and O–H groups in total. The van der Waals surface area contributed by atoms with Crippen LogP contribution in [-0.4, -0.2) is 31.8 Å². The average molecular weight is 359 g/mol. The lowest BCUT2D eigenvalue weighted by Crippen LogP contribution is -2.31. The maximum Gasteiger partial charge on any atom is 0.231 e. The first kappa shape index (κ1) is 16.8. The number of nitrogens with one attached hydrogen (secondary N) is 1. The molecule has 0 aliphatic carbocycles. The second-order valence-corrected chi connectivity index (χ2v) is 6.24. The van der Waals surface area contributed by atoms with E-state index in [4.69, 9.17) is 23.7 Å². The van der Waals surface area contributed by atoms with Crippen molar-refractivity contribution in [2.24, 2.45) is 0 Å². The van der Waals surface area contributed by atoms with Gasteiger partial charge in [-0.2, -0.15) is 0 Å². The normalized spacial score (nSPS) is 16.4. The molecule has 0 saturated heterocycles. The third-order valence-electron chi connectivity index (χ3n) is 4.60. The highest BCUT2D eigenvalue weighted by Crippen LogP contribution is 2.38. The maximum absolute atomic E-state index is 10.6. The number of rotatable bonds is 6. The molecule has 26 heavy (non-hydrogen) atoms. The summed E-state index contributed by atoms with van der Waals surface area (Å²) in [5.74, 6) is 3.45. The number of hydrogen-bond acceptors (Lipinski definition) is 7. The quantitative estimate of drug-likeness (QED) is 0.820. The molecule has 4 rings (SSSR count). The highest BCUT2D eigenvalue weighted by Gasteiger charge is 2.22. The van der Waals surface area contributed by atoms with Crippen LogP contribution in [0.25, 0.3) is 0 Å². The molecule has 7 nitrogen and oxygen atoms in total. The number of aliphatic hydroxyl groups is 1. The summed E-state index contributed by atoms with van der Waals surface area (Å²) in [7, 11) is 1.62. The van der Waals surface area contributed by atoms with Crippen LogP contribution in [0, 0.1) is 0 Å². The van der Waals surface area contributed by atoms with Gasteiger partial charge in [0.25, 0.3) is 0 Å². The number of hydrogen-bond donors (Lipinski definition) is 2. The molecule has 0 saturated carbocycles. The predicted octanol–water partition coefficient (Wildman–Crippen LogP) is 2.36. The van der Waals surface area contributed by atoms with Crippen LogP contribution in [-0.2, 0) is 6.54 Å². The summed E-state index contributed by atoms with van der Waals surface area (Å²) in [6, 6.07) is 9.00. The van der Waals surface area contributed by atoms with E-state index in [-0.39, 0.29) is 19.6 Å². The van der Waals surface area contributed by atoms with E-state index in [1.807, 2.05) is 37.3 Å². The van der Waals surface area contributed by atoms with Gasteiger partial charge in [0, 0.05) is 24.2 Å². The number of ether oxygens (including phenoxy) is 5. The molecule has 138 valence electrons. The Hall–Kier alpha value is -2.64. The highest BCUT2D eigenvalue weighted by atomic mass is 16.7. The van der Waals surface area contributed by atoms with Crippen LogP contribution in [0.2, 0.25) is 0 Å². The second-order valence-electron chi connectivity index (χ2n) is 6.24. The molecule has 0 spiro atoms. The Morgan fingerprint density at radius 3 is 2.38 bits per heavy atom. The van der Waals surface area contributed by atoms with E-state index in [1.54, 1.807) is 7.11 Å². The fraction of sp³-hybridized carbons (Fsp3) is 0.368. The van der Waals surface area contributed by atoms with Crippen molar-refractivity contribution in [3.05, 3.63) is 41.5 Å². The number of fused-ring (bicyclic) bond motifs is 2. The minimum atomic E-state index is -0.690. The number of methoxy groups -OCH3 is 1. The molecule has 0 aromatic heterocycles. The fourth-order valence-corrected chi connectivity index (χ4v) is 3.06. The summed E-state index contributed by atoms with van der Waals surface area (Å²) in [6.07, 6.45) is -0.690. The van der Waals surface area contributed by atoms with Crippen LogP contribution in [0.15, 0.2) is 30.3 Å². The molecule has 2 aliphatic rings. The first-order chi connectivity index (χ1) is 12.7. The van der Waals surface area contributed by atoms with Gasteiger partial charge >= 0.3 is 0 Å². The van der Waals surface area contributed by atoms with Crippen LogP contribution >= 0.6 is 0 Å². The van der Waals surface area contributed by atoms with Crippen molar-refractivity contribution in [2.75, 3.05) is 20.7 Å². The Morgan fingerprint density at radius 1 is 1.00 bits per heavy atom. The van der Waals surface area contributed by atoms with Crippen LogP contribution in [0.5, 0.6) is 28.7 Å². The summed E-state index contributed by atoms with van der Waals surface area (Å²) >= 11 is 0. The van der Waals surface area contributed by atoms with E-state index in [2.05, 4.69) is 5.32 Å². The van der Waals surface area contributed by atoms with Crippen LogP contribution in [0.1, 0.15) is 24.2 Å². The van der Waals surface area contributed by atoms with E-state index in [9.17, 15) is 5.11 Å². The Kier molecular flexibility index (Phi) is 4.48. The van der Waals surface area contributed by atoms with Gasteiger partial charge in [-0.3, -0.25) is 0 Å². The molecule has 0 bridgehead atoms. The van der Waals surface area contributed by atoms with Crippen molar-refractivity contribution in [3.63, 3.8) is 0 Å². The third-order valence-corrected chi connectivity index (χ3v) is 4.60.